The van der Waals surface area contributed by atoms with E-state index in [0.29, 0.717) is 5.69 Å². The van der Waals surface area contributed by atoms with Crippen molar-refractivity contribution in [3.8, 4) is 0 Å². The molecule has 2 aromatic carbocycles. The molecule has 3 amide bonds. The predicted molar refractivity (Wildman–Crippen MR) is 111 cm³/mol. The Hall–Kier alpha value is -3.48. The van der Waals surface area contributed by atoms with E-state index in [-0.39, 0.29) is 11.1 Å². The molecule has 0 saturated heterocycles. The number of benzene rings is 2. The van der Waals surface area contributed by atoms with Gasteiger partial charge in [0, 0.05) is 5.69 Å². The fraction of sp³-hybridized carbons (Fsp3) is 0.304. The Labute approximate surface area is 175 Å². The summed E-state index contributed by atoms with van der Waals surface area (Å²) in [7, 11) is 0. The number of esters is 1. The number of fused-ring (bicyclic) bond motifs is 1. The summed E-state index contributed by atoms with van der Waals surface area (Å²) >= 11 is 0. The quantitative estimate of drug-likeness (QED) is 0.535. The van der Waals surface area contributed by atoms with E-state index >= 15 is 0 Å². The van der Waals surface area contributed by atoms with Crippen LogP contribution in [0.25, 0.3) is 0 Å². The number of nitrogens with zero attached hydrogens (tertiary/aromatic N) is 1. The largest absolute Gasteiger partial charge is 0.454 e. The molecule has 0 fully saturated rings. The lowest BCUT2D eigenvalue weighted by molar-refractivity contribution is -0.150. The maximum atomic E-state index is 12.4. The Bertz CT molecular complexity index is 933. The number of unbranched alkanes of at least 4 members (excludes halogenated alkanes) is 1. The normalized spacial score (nSPS) is 13.7. The Balaban J connectivity index is 1.52. The summed E-state index contributed by atoms with van der Waals surface area (Å²) in [6.45, 7) is 3.02. The van der Waals surface area contributed by atoms with E-state index in [1.54, 1.807) is 24.3 Å². The monoisotopic (exact) mass is 408 g/mol. The third kappa shape index (κ3) is 4.56. The standard InChI is InChI=1S/C23H24N2O5/c1-3-4-7-16-10-12-17(13-11-16)24-20(26)14-30-23(29)15(2)25-21(27)18-8-5-6-9-19(18)22(25)28/h5-6,8-13,15H,3-4,7,14H2,1-2H3,(H,24,26)/t15-/m0/s1. The van der Waals surface area contributed by atoms with Crippen LogP contribution in [0.3, 0.4) is 0 Å². The molecule has 0 saturated carbocycles. The number of aryl methyl sites for hydroxylation is 1. The van der Waals surface area contributed by atoms with Crippen LogP contribution < -0.4 is 5.32 Å². The van der Waals surface area contributed by atoms with Crippen LogP contribution >= 0.6 is 0 Å². The van der Waals surface area contributed by atoms with Crippen LogP contribution in [0.4, 0.5) is 5.69 Å². The maximum Gasteiger partial charge on any atom is 0.329 e. The molecule has 1 aliphatic rings. The fourth-order valence-electron chi connectivity index (χ4n) is 3.26. The molecule has 1 atom stereocenters. The van der Waals surface area contributed by atoms with Gasteiger partial charge in [0.1, 0.15) is 6.04 Å². The molecule has 0 aromatic heterocycles. The first-order valence-corrected chi connectivity index (χ1v) is 9.94. The number of carbonyl (C=O) groups is 4. The van der Waals surface area contributed by atoms with E-state index in [2.05, 4.69) is 12.2 Å². The smallest absolute Gasteiger partial charge is 0.329 e. The summed E-state index contributed by atoms with van der Waals surface area (Å²) in [6.07, 6.45) is 3.20. The van der Waals surface area contributed by atoms with E-state index in [4.69, 9.17) is 4.74 Å². The first-order chi connectivity index (χ1) is 14.4. The summed E-state index contributed by atoms with van der Waals surface area (Å²) in [6, 6.07) is 12.7. The van der Waals surface area contributed by atoms with Crippen molar-refractivity contribution in [3.05, 3.63) is 65.2 Å². The molecule has 156 valence electrons. The molecular weight excluding hydrogens is 384 g/mol. The number of hydrogen-bond acceptors (Lipinski definition) is 5. The fourth-order valence-corrected chi connectivity index (χ4v) is 3.26. The average molecular weight is 408 g/mol. The third-order valence-electron chi connectivity index (χ3n) is 4.96. The second-order valence-corrected chi connectivity index (χ2v) is 7.16. The second-order valence-electron chi connectivity index (χ2n) is 7.16. The predicted octanol–water partition coefficient (Wildman–Crippen LogP) is 3.20. The highest BCUT2D eigenvalue weighted by Crippen LogP contribution is 2.24. The molecule has 1 aliphatic heterocycles. The number of carbonyl (C=O) groups excluding carboxylic acids is 4. The minimum Gasteiger partial charge on any atom is -0.454 e. The maximum absolute atomic E-state index is 12.4. The van der Waals surface area contributed by atoms with Crippen molar-refractivity contribution in [3.63, 3.8) is 0 Å². The van der Waals surface area contributed by atoms with Gasteiger partial charge in [-0.1, -0.05) is 37.6 Å². The third-order valence-corrected chi connectivity index (χ3v) is 4.96. The molecule has 3 rings (SSSR count). The van der Waals surface area contributed by atoms with Gasteiger partial charge in [-0.2, -0.15) is 0 Å². The van der Waals surface area contributed by atoms with Gasteiger partial charge in [-0.25, -0.2) is 4.79 Å². The molecule has 0 radical (unpaired) electrons. The van der Waals surface area contributed by atoms with Gasteiger partial charge < -0.3 is 10.1 Å². The zero-order chi connectivity index (χ0) is 21.7. The Kier molecular flexibility index (Phi) is 6.61. The van der Waals surface area contributed by atoms with E-state index < -0.39 is 36.3 Å². The highest BCUT2D eigenvalue weighted by molar-refractivity contribution is 6.22. The minimum atomic E-state index is -1.14. The lowest BCUT2D eigenvalue weighted by atomic mass is 10.1. The van der Waals surface area contributed by atoms with Crippen molar-refractivity contribution in [2.75, 3.05) is 11.9 Å². The molecule has 7 heteroatoms. The lowest BCUT2D eigenvalue weighted by Gasteiger charge is -2.20. The van der Waals surface area contributed by atoms with Crippen LogP contribution in [0.5, 0.6) is 0 Å². The molecule has 30 heavy (non-hydrogen) atoms. The Morgan fingerprint density at radius 3 is 2.17 bits per heavy atom. The van der Waals surface area contributed by atoms with Crippen LogP contribution in [0.1, 0.15) is 53.0 Å². The molecule has 7 nitrogen and oxygen atoms in total. The number of hydrogen-bond donors (Lipinski definition) is 1. The van der Waals surface area contributed by atoms with Crippen LogP contribution in [-0.4, -0.2) is 41.2 Å². The highest BCUT2D eigenvalue weighted by atomic mass is 16.5. The van der Waals surface area contributed by atoms with Crippen LogP contribution in [0, 0.1) is 0 Å². The number of rotatable bonds is 8. The van der Waals surface area contributed by atoms with Crippen molar-refractivity contribution in [1.29, 1.82) is 0 Å². The average Bonchev–Trinajstić information content (AvgIpc) is 3.01. The van der Waals surface area contributed by atoms with Gasteiger partial charge in [0.25, 0.3) is 17.7 Å². The molecule has 0 unspecified atom stereocenters. The second kappa shape index (κ2) is 9.35. The Morgan fingerprint density at radius 2 is 1.60 bits per heavy atom. The molecule has 1 heterocycles. The minimum absolute atomic E-state index is 0.252. The first-order valence-electron chi connectivity index (χ1n) is 9.94. The van der Waals surface area contributed by atoms with E-state index in [1.165, 1.54) is 24.6 Å². The van der Waals surface area contributed by atoms with Crippen LogP contribution in [0.15, 0.2) is 48.5 Å². The van der Waals surface area contributed by atoms with Crippen molar-refractivity contribution in [2.45, 2.75) is 39.2 Å². The summed E-state index contributed by atoms with van der Waals surface area (Å²) in [4.78, 5) is 50.2. The lowest BCUT2D eigenvalue weighted by Crippen LogP contribution is -2.44. The van der Waals surface area contributed by atoms with Crippen molar-refractivity contribution >= 4 is 29.4 Å². The Morgan fingerprint density at radius 1 is 1.00 bits per heavy atom. The summed E-state index contributed by atoms with van der Waals surface area (Å²) in [5.74, 6) is -2.42. The zero-order valence-electron chi connectivity index (χ0n) is 17.0. The van der Waals surface area contributed by atoms with Gasteiger partial charge in [-0.05, 0) is 49.6 Å². The van der Waals surface area contributed by atoms with E-state index in [1.807, 2.05) is 12.1 Å². The number of nitrogens with one attached hydrogen (secondary N) is 1. The van der Waals surface area contributed by atoms with Crippen molar-refractivity contribution in [1.82, 2.24) is 4.90 Å². The van der Waals surface area contributed by atoms with Gasteiger partial charge >= 0.3 is 5.97 Å². The van der Waals surface area contributed by atoms with Crippen LogP contribution in [0.2, 0.25) is 0 Å². The van der Waals surface area contributed by atoms with Crippen LogP contribution in [-0.2, 0) is 20.7 Å². The zero-order valence-corrected chi connectivity index (χ0v) is 17.0. The summed E-state index contributed by atoms with van der Waals surface area (Å²) in [5.41, 5.74) is 2.30. The van der Waals surface area contributed by atoms with Crippen molar-refractivity contribution in [2.24, 2.45) is 0 Å². The molecular formula is C23H24N2O5. The number of anilines is 1. The van der Waals surface area contributed by atoms with E-state index in [0.717, 1.165) is 24.2 Å². The van der Waals surface area contributed by atoms with Gasteiger partial charge in [-0.3, -0.25) is 19.3 Å². The number of ether oxygens (including phenoxy) is 1. The summed E-state index contributed by atoms with van der Waals surface area (Å²) in [5, 5.41) is 2.66. The first kappa shape index (κ1) is 21.2. The SMILES string of the molecule is CCCCc1ccc(NC(=O)COC(=O)[C@H](C)N2C(=O)c3ccccc3C2=O)cc1. The molecule has 2 aromatic rings. The molecule has 1 N–H and O–H groups in total. The highest BCUT2D eigenvalue weighted by Gasteiger charge is 2.41. The topological polar surface area (TPSA) is 92.8 Å². The van der Waals surface area contributed by atoms with Gasteiger partial charge in [0.05, 0.1) is 11.1 Å². The van der Waals surface area contributed by atoms with Gasteiger partial charge in [-0.15, -0.1) is 0 Å². The summed E-state index contributed by atoms with van der Waals surface area (Å²) < 4.78 is 5.03. The van der Waals surface area contributed by atoms with E-state index in [9.17, 15) is 19.2 Å². The number of imide groups is 1. The van der Waals surface area contributed by atoms with Gasteiger partial charge in [0.15, 0.2) is 6.61 Å². The van der Waals surface area contributed by atoms with Crippen molar-refractivity contribution < 1.29 is 23.9 Å². The number of amides is 3. The molecule has 0 spiro atoms. The molecule has 0 aliphatic carbocycles. The molecule has 0 bridgehead atoms. The van der Waals surface area contributed by atoms with Gasteiger partial charge in [0.2, 0.25) is 0 Å².